The third-order valence-corrected chi connectivity index (χ3v) is 5.19. The van der Waals surface area contributed by atoms with Gasteiger partial charge >= 0.3 is 0 Å². The minimum Gasteiger partial charge on any atom is -0.317 e. The minimum atomic E-state index is -3.44. The van der Waals surface area contributed by atoms with Crippen molar-refractivity contribution in [3.63, 3.8) is 0 Å². The molecule has 0 aliphatic heterocycles. The highest BCUT2D eigenvalue weighted by Crippen LogP contribution is 2.25. The number of benzene rings is 1. The molecule has 0 atom stereocenters. The normalized spacial score (nSPS) is 11.7. The summed E-state index contributed by atoms with van der Waals surface area (Å²) >= 11 is 6.55. The van der Waals surface area contributed by atoms with Crippen molar-refractivity contribution >= 4 is 41.9 Å². The highest BCUT2D eigenvalue weighted by Gasteiger charge is 2.16. The highest BCUT2D eigenvalue weighted by molar-refractivity contribution is 9.11. The van der Waals surface area contributed by atoms with Crippen LogP contribution in [0.5, 0.6) is 0 Å². The molecule has 1 rings (SSSR count). The molecule has 0 heterocycles. The molecule has 0 aliphatic rings. The Labute approximate surface area is 125 Å². The standard InChI is InChI=1S/C11H16Br2N2O2S/c1-2-14-6-3-7-15-18(16,17)11-5-4-9(12)8-10(11)13/h4-5,8,14-15H,2-3,6-7H2,1H3. The SMILES string of the molecule is CCNCCCNS(=O)(=O)c1ccc(Br)cc1Br. The largest absolute Gasteiger partial charge is 0.317 e. The van der Waals surface area contributed by atoms with E-state index in [4.69, 9.17) is 0 Å². The second kappa shape index (κ2) is 7.59. The predicted octanol–water partition coefficient (Wildman–Crippen LogP) is 2.49. The first-order chi connectivity index (χ1) is 8.47. The quantitative estimate of drug-likeness (QED) is 0.692. The molecule has 0 aliphatic carbocycles. The van der Waals surface area contributed by atoms with Gasteiger partial charge in [-0.3, -0.25) is 0 Å². The summed E-state index contributed by atoms with van der Waals surface area (Å²) in [7, 11) is -3.44. The van der Waals surface area contributed by atoms with E-state index in [2.05, 4.69) is 41.9 Å². The molecule has 102 valence electrons. The van der Waals surface area contributed by atoms with Crippen LogP contribution in [0.15, 0.2) is 32.0 Å². The van der Waals surface area contributed by atoms with Gasteiger partial charge in [-0.25, -0.2) is 13.1 Å². The van der Waals surface area contributed by atoms with Crippen LogP contribution in [0.25, 0.3) is 0 Å². The predicted molar refractivity (Wildman–Crippen MR) is 80.2 cm³/mol. The Morgan fingerprint density at radius 3 is 2.56 bits per heavy atom. The van der Waals surface area contributed by atoms with Crippen molar-refractivity contribution in [1.29, 1.82) is 0 Å². The third-order valence-electron chi connectivity index (χ3n) is 2.26. The van der Waals surface area contributed by atoms with E-state index in [-0.39, 0.29) is 4.90 Å². The summed E-state index contributed by atoms with van der Waals surface area (Å²) in [6.45, 7) is 4.15. The van der Waals surface area contributed by atoms with Crippen molar-refractivity contribution in [2.24, 2.45) is 0 Å². The summed E-state index contributed by atoms with van der Waals surface area (Å²) in [5.41, 5.74) is 0. The van der Waals surface area contributed by atoms with Gasteiger partial charge in [0.15, 0.2) is 0 Å². The van der Waals surface area contributed by atoms with Crippen LogP contribution in [-0.2, 0) is 10.0 Å². The van der Waals surface area contributed by atoms with Crippen molar-refractivity contribution < 1.29 is 8.42 Å². The second-order valence-corrected chi connectivity index (χ2v) is 7.19. The summed E-state index contributed by atoms with van der Waals surface area (Å²) in [6.07, 6.45) is 0.765. The maximum Gasteiger partial charge on any atom is 0.241 e. The van der Waals surface area contributed by atoms with Gasteiger partial charge in [-0.1, -0.05) is 22.9 Å². The van der Waals surface area contributed by atoms with Crippen LogP contribution in [0, 0.1) is 0 Å². The molecule has 2 N–H and O–H groups in total. The molecule has 0 amide bonds. The lowest BCUT2D eigenvalue weighted by atomic mass is 10.4. The fourth-order valence-corrected chi connectivity index (χ4v) is 4.19. The van der Waals surface area contributed by atoms with Crippen LogP contribution in [0.2, 0.25) is 0 Å². The summed E-state index contributed by atoms with van der Waals surface area (Å²) in [6, 6.07) is 4.99. The Kier molecular flexibility index (Phi) is 6.79. The molecular weight excluding hydrogens is 384 g/mol. The number of halogens is 2. The Balaban J connectivity index is 2.63. The molecule has 0 saturated carbocycles. The molecule has 0 bridgehead atoms. The maximum atomic E-state index is 12.0. The molecule has 18 heavy (non-hydrogen) atoms. The van der Waals surface area contributed by atoms with E-state index in [1.807, 2.05) is 6.92 Å². The van der Waals surface area contributed by atoms with Crippen LogP contribution in [0.3, 0.4) is 0 Å². The summed E-state index contributed by atoms with van der Waals surface area (Å²) < 4.78 is 28.0. The zero-order chi connectivity index (χ0) is 13.6. The number of hydrogen-bond donors (Lipinski definition) is 2. The Morgan fingerprint density at radius 2 is 1.94 bits per heavy atom. The van der Waals surface area contributed by atoms with E-state index in [9.17, 15) is 8.42 Å². The average Bonchev–Trinajstić information content (AvgIpc) is 2.28. The van der Waals surface area contributed by atoms with E-state index in [1.54, 1.807) is 18.2 Å². The molecular formula is C11H16Br2N2O2S. The monoisotopic (exact) mass is 398 g/mol. The van der Waals surface area contributed by atoms with Crippen molar-refractivity contribution in [2.75, 3.05) is 19.6 Å². The van der Waals surface area contributed by atoms with Crippen LogP contribution in [0.4, 0.5) is 0 Å². The summed E-state index contributed by atoms with van der Waals surface area (Å²) in [4.78, 5) is 0.258. The van der Waals surface area contributed by atoms with Crippen LogP contribution in [-0.4, -0.2) is 28.1 Å². The number of hydrogen-bond acceptors (Lipinski definition) is 3. The van der Waals surface area contributed by atoms with E-state index < -0.39 is 10.0 Å². The van der Waals surface area contributed by atoms with Gasteiger partial charge in [0.25, 0.3) is 0 Å². The zero-order valence-corrected chi connectivity index (χ0v) is 14.0. The molecule has 4 nitrogen and oxygen atoms in total. The maximum absolute atomic E-state index is 12.0. The van der Waals surface area contributed by atoms with Crippen LogP contribution >= 0.6 is 31.9 Å². The number of nitrogens with one attached hydrogen (secondary N) is 2. The molecule has 0 spiro atoms. The zero-order valence-electron chi connectivity index (χ0n) is 10.0. The Bertz CT molecular complexity index is 492. The van der Waals surface area contributed by atoms with Crippen LogP contribution in [0.1, 0.15) is 13.3 Å². The lowest BCUT2D eigenvalue weighted by Gasteiger charge is -2.09. The van der Waals surface area contributed by atoms with Gasteiger partial charge in [0.2, 0.25) is 10.0 Å². The lowest BCUT2D eigenvalue weighted by Crippen LogP contribution is -2.27. The second-order valence-electron chi connectivity index (χ2n) is 3.68. The number of sulfonamides is 1. The highest BCUT2D eigenvalue weighted by atomic mass is 79.9. The van der Waals surface area contributed by atoms with Gasteiger partial charge in [0.05, 0.1) is 4.90 Å². The van der Waals surface area contributed by atoms with Crippen molar-refractivity contribution in [3.05, 3.63) is 27.1 Å². The van der Waals surface area contributed by atoms with E-state index in [1.165, 1.54) is 0 Å². The topological polar surface area (TPSA) is 58.2 Å². The van der Waals surface area contributed by atoms with Crippen molar-refractivity contribution in [3.8, 4) is 0 Å². The molecule has 0 unspecified atom stereocenters. The molecule has 0 fully saturated rings. The first-order valence-electron chi connectivity index (χ1n) is 5.63. The molecule has 1 aromatic carbocycles. The summed E-state index contributed by atoms with van der Waals surface area (Å²) in [5, 5.41) is 3.14. The van der Waals surface area contributed by atoms with Gasteiger partial charge in [0, 0.05) is 15.5 Å². The Morgan fingerprint density at radius 1 is 1.22 bits per heavy atom. The van der Waals surface area contributed by atoms with Crippen molar-refractivity contribution in [1.82, 2.24) is 10.0 Å². The van der Waals surface area contributed by atoms with E-state index in [0.717, 1.165) is 24.0 Å². The van der Waals surface area contributed by atoms with E-state index in [0.29, 0.717) is 11.0 Å². The van der Waals surface area contributed by atoms with Gasteiger partial charge in [0.1, 0.15) is 0 Å². The smallest absolute Gasteiger partial charge is 0.241 e. The first kappa shape index (κ1) is 16.1. The fourth-order valence-electron chi connectivity index (χ4n) is 1.37. The fraction of sp³-hybridized carbons (Fsp3) is 0.455. The Hall–Kier alpha value is 0.0500. The summed E-state index contributed by atoms with van der Waals surface area (Å²) in [5.74, 6) is 0. The van der Waals surface area contributed by atoms with Gasteiger partial charge < -0.3 is 5.32 Å². The molecule has 1 aromatic rings. The molecule has 0 aromatic heterocycles. The molecule has 7 heteroatoms. The van der Waals surface area contributed by atoms with Gasteiger partial charge in [-0.05, 0) is 53.6 Å². The van der Waals surface area contributed by atoms with E-state index >= 15 is 0 Å². The molecule has 0 saturated heterocycles. The molecule has 0 radical (unpaired) electrons. The van der Waals surface area contributed by atoms with Gasteiger partial charge in [-0.2, -0.15) is 0 Å². The van der Waals surface area contributed by atoms with Gasteiger partial charge in [-0.15, -0.1) is 0 Å². The number of rotatable bonds is 7. The lowest BCUT2D eigenvalue weighted by molar-refractivity contribution is 0.575. The minimum absolute atomic E-state index is 0.258. The van der Waals surface area contributed by atoms with Crippen molar-refractivity contribution in [2.45, 2.75) is 18.2 Å². The first-order valence-corrected chi connectivity index (χ1v) is 8.69. The van der Waals surface area contributed by atoms with Crippen LogP contribution < -0.4 is 10.0 Å². The average molecular weight is 400 g/mol. The third kappa shape index (κ3) is 4.97.